The topological polar surface area (TPSA) is 52.6 Å². The summed E-state index contributed by atoms with van der Waals surface area (Å²) in [4.78, 5) is 22.4. The Bertz CT molecular complexity index is 693. The number of carbonyl (C=O) groups excluding carboxylic acids is 2. The molecule has 0 unspecified atom stereocenters. The highest BCUT2D eigenvalue weighted by Gasteiger charge is 2.52. The van der Waals surface area contributed by atoms with Crippen molar-refractivity contribution in [2.24, 2.45) is 0 Å². The average Bonchev–Trinajstić information content (AvgIpc) is 2.71. The van der Waals surface area contributed by atoms with Crippen molar-refractivity contribution in [1.82, 2.24) is 0 Å². The van der Waals surface area contributed by atoms with E-state index in [-0.39, 0.29) is 5.12 Å². The molecule has 6 heteroatoms. The second-order valence-electron chi connectivity index (χ2n) is 7.32. The van der Waals surface area contributed by atoms with Gasteiger partial charge in [-0.3, -0.25) is 9.59 Å². The second kappa shape index (κ2) is 7.48. The second-order valence-corrected chi connectivity index (χ2v) is 8.47. The molecule has 0 bridgehead atoms. The number of carbonyl (C=O) groups is 2. The van der Waals surface area contributed by atoms with Crippen molar-refractivity contribution in [2.75, 3.05) is 5.75 Å². The van der Waals surface area contributed by atoms with Gasteiger partial charge < -0.3 is 9.31 Å². The van der Waals surface area contributed by atoms with Crippen molar-refractivity contribution >= 4 is 36.4 Å². The molecule has 2 rings (SSSR count). The molecule has 0 atom stereocenters. The maximum atomic E-state index is 11.4. The van der Waals surface area contributed by atoms with Crippen LogP contribution in [0.1, 0.15) is 56.1 Å². The van der Waals surface area contributed by atoms with Gasteiger partial charge in [0.05, 0.1) is 11.2 Å². The summed E-state index contributed by atoms with van der Waals surface area (Å²) in [5.74, 6) is 0.501. The van der Waals surface area contributed by atoms with Crippen LogP contribution >= 0.6 is 11.8 Å². The summed E-state index contributed by atoms with van der Waals surface area (Å²) in [6.45, 7) is 11.5. The van der Waals surface area contributed by atoms with Crippen LogP contribution in [-0.2, 0) is 14.1 Å². The smallest absolute Gasteiger partial charge is 0.400 e. The van der Waals surface area contributed by atoms with Gasteiger partial charge in [0.15, 0.2) is 5.12 Å². The predicted octanol–water partition coefficient (Wildman–Crippen LogP) is 4.10. The molecule has 1 aromatic rings. The number of hydrogen-bond acceptors (Lipinski definition) is 5. The first-order valence-corrected chi connectivity index (χ1v) is 9.29. The van der Waals surface area contributed by atoms with Crippen molar-refractivity contribution in [3.8, 4) is 0 Å². The molecule has 0 saturated carbocycles. The first-order chi connectivity index (χ1) is 11.6. The molecule has 1 fully saturated rings. The zero-order valence-corrected chi connectivity index (χ0v) is 16.5. The van der Waals surface area contributed by atoms with Crippen molar-refractivity contribution in [1.29, 1.82) is 0 Å². The molecular formula is C19H25BO4S. The van der Waals surface area contributed by atoms with Crippen LogP contribution < -0.4 is 0 Å². The monoisotopic (exact) mass is 360 g/mol. The van der Waals surface area contributed by atoms with Crippen molar-refractivity contribution in [3.05, 3.63) is 40.4 Å². The molecule has 134 valence electrons. The van der Waals surface area contributed by atoms with Crippen LogP contribution in [0.3, 0.4) is 0 Å². The molecule has 4 nitrogen and oxygen atoms in total. The highest BCUT2D eigenvalue weighted by Crippen LogP contribution is 2.39. The summed E-state index contributed by atoms with van der Waals surface area (Å²) in [5, 5.41) is 0.0508. The molecule has 0 aromatic heterocycles. The van der Waals surface area contributed by atoms with Gasteiger partial charge in [-0.15, -0.1) is 0 Å². The fourth-order valence-electron chi connectivity index (χ4n) is 2.49. The standard InChI is InChI=1S/C19H25BO4S/c1-13-9-15(7-8-16(13)11-21)10-17(12-25-14(2)22)20-23-18(3,4)19(5,6)24-20/h7-11H,12H2,1-6H3. The maximum Gasteiger partial charge on any atom is 0.491 e. The molecule has 0 aliphatic carbocycles. The Kier molecular flexibility index (Phi) is 5.97. The van der Waals surface area contributed by atoms with Gasteiger partial charge in [0.1, 0.15) is 6.29 Å². The van der Waals surface area contributed by atoms with Gasteiger partial charge in [0, 0.05) is 18.2 Å². The molecule has 1 saturated heterocycles. The highest BCUT2D eigenvalue weighted by atomic mass is 32.2. The molecule has 1 aromatic carbocycles. The molecule has 0 spiro atoms. The van der Waals surface area contributed by atoms with E-state index >= 15 is 0 Å². The first-order valence-electron chi connectivity index (χ1n) is 8.31. The lowest BCUT2D eigenvalue weighted by Gasteiger charge is -2.32. The van der Waals surface area contributed by atoms with Gasteiger partial charge in [0.25, 0.3) is 0 Å². The quantitative estimate of drug-likeness (QED) is 0.584. The molecule has 25 heavy (non-hydrogen) atoms. The maximum absolute atomic E-state index is 11.4. The fraction of sp³-hybridized carbons (Fsp3) is 0.474. The molecule has 1 aliphatic heterocycles. The minimum atomic E-state index is -0.497. The normalized spacial score (nSPS) is 19.1. The molecule has 1 aliphatic rings. The lowest BCUT2D eigenvalue weighted by Crippen LogP contribution is -2.41. The van der Waals surface area contributed by atoms with E-state index in [9.17, 15) is 9.59 Å². The first kappa shape index (κ1) is 20.0. The number of aryl methyl sites for hydroxylation is 1. The van der Waals surface area contributed by atoms with E-state index in [2.05, 4.69) is 0 Å². The van der Waals surface area contributed by atoms with E-state index in [1.165, 1.54) is 11.8 Å². The Hall–Kier alpha value is -1.37. The number of hydrogen-bond donors (Lipinski definition) is 0. The number of thioether (sulfide) groups is 1. The van der Waals surface area contributed by atoms with E-state index in [1.807, 2.05) is 52.8 Å². The lowest BCUT2D eigenvalue weighted by molar-refractivity contribution is -0.109. The summed E-state index contributed by atoms with van der Waals surface area (Å²) in [5.41, 5.74) is 2.57. The van der Waals surface area contributed by atoms with Gasteiger partial charge >= 0.3 is 7.12 Å². The molecule has 0 N–H and O–H groups in total. The summed E-state index contributed by atoms with van der Waals surface area (Å²) in [7, 11) is -0.497. The van der Waals surface area contributed by atoms with Gasteiger partial charge in [-0.25, -0.2) is 0 Å². The summed E-state index contributed by atoms with van der Waals surface area (Å²) in [6, 6.07) is 5.64. The SMILES string of the molecule is CC(=O)SCC(=Cc1ccc(C=O)c(C)c1)B1OC(C)(C)C(C)(C)O1. The van der Waals surface area contributed by atoms with Crippen LogP contribution in [0.5, 0.6) is 0 Å². The molecular weight excluding hydrogens is 335 g/mol. The van der Waals surface area contributed by atoms with Gasteiger partial charge in [-0.05, 0) is 51.2 Å². The lowest BCUT2D eigenvalue weighted by atomic mass is 9.78. The summed E-state index contributed by atoms with van der Waals surface area (Å²) in [6.07, 6.45) is 2.84. The number of rotatable bonds is 5. The zero-order chi connectivity index (χ0) is 18.8. The zero-order valence-electron chi connectivity index (χ0n) is 15.7. The van der Waals surface area contributed by atoms with Crippen LogP contribution in [0.25, 0.3) is 6.08 Å². The Morgan fingerprint density at radius 3 is 2.28 bits per heavy atom. The number of aldehydes is 1. The van der Waals surface area contributed by atoms with Crippen LogP contribution in [-0.4, -0.2) is 35.5 Å². The van der Waals surface area contributed by atoms with Crippen molar-refractivity contribution < 1.29 is 18.9 Å². The van der Waals surface area contributed by atoms with Gasteiger partial charge in [0.2, 0.25) is 0 Å². The third-order valence-corrected chi connectivity index (χ3v) is 5.66. The average molecular weight is 360 g/mol. The highest BCUT2D eigenvalue weighted by molar-refractivity contribution is 8.13. The van der Waals surface area contributed by atoms with E-state index in [1.54, 1.807) is 13.0 Å². The van der Waals surface area contributed by atoms with E-state index in [4.69, 9.17) is 9.31 Å². The predicted molar refractivity (Wildman–Crippen MR) is 104 cm³/mol. The Morgan fingerprint density at radius 2 is 1.80 bits per heavy atom. The van der Waals surface area contributed by atoms with Gasteiger partial charge in [-0.1, -0.05) is 36.0 Å². The van der Waals surface area contributed by atoms with Crippen LogP contribution in [0.2, 0.25) is 0 Å². The van der Waals surface area contributed by atoms with Gasteiger partial charge in [-0.2, -0.15) is 0 Å². The number of benzene rings is 1. The van der Waals surface area contributed by atoms with E-state index < -0.39 is 18.3 Å². The fourth-order valence-corrected chi connectivity index (χ4v) is 3.08. The third kappa shape index (κ3) is 4.63. The Balaban J connectivity index is 2.34. The molecule has 0 radical (unpaired) electrons. The van der Waals surface area contributed by atoms with E-state index in [0.29, 0.717) is 11.3 Å². The summed E-state index contributed by atoms with van der Waals surface area (Å²) < 4.78 is 12.3. The van der Waals surface area contributed by atoms with E-state index in [0.717, 1.165) is 22.9 Å². The minimum absolute atomic E-state index is 0.0508. The van der Waals surface area contributed by atoms with Crippen LogP contribution in [0.15, 0.2) is 23.7 Å². The minimum Gasteiger partial charge on any atom is -0.400 e. The van der Waals surface area contributed by atoms with Crippen LogP contribution in [0, 0.1) is 6.92 Å². The van der Waals surface area contributed by atoms with Crippen molar-refractivity contribution in [2.45, 2.75) is 52.7 Å². The Morgan fingerprint density at radius 1 is 1.20 bits per heavy atom. The molecule has 1 heterocycles. The van der Waals surface area contributed by atoms with Crippen molar-refractivity contribution in [3.63, 3.8) is 0 Å². The molecule has 0 amide bonds. The summed E-state index contributed by atoms with van der Waals surface area (Å²) >= 11 is 1.23. The Labute approximate surface area is 154 Å². The van der Waals surface area contributed by atoms with Crippen LogP contribution in [0.4, 0.5) is 0 Å². The largest absolute Gasteiger partial charge is 0.491 e. The third-order valence-electron chi connectivity index (χ3n) is 4.77.